The Balaban J connectivity index is 2.09. The molecule has 1 aromatic carbocycles. The molecule has 0 aliphatic carbocycles. The highest BCUT2D eigenvalue weighted by Gasteiger charge is 2.26. The van der Waals surface area contributed by atoms with Crippen molar-refractivity contribution in [2.45, 2.75) is 38.8 Å². The van der Waals surface area contributed by atoms with E-state index in [2.05, 4.69) is 11.8 Å². The Kier molecular flexibility index (Phi) is 5.91. The van der Waals surface area contributed by atoms with Crippen LogP contribution in [0.3, 0.4) is 0 Å². The summed E-state index contributed by atoms with van der Waals surface area (Å²) in [5.74, 6) is 0. The van der Waals surface area contributed by atoms with Crippen molar-refractivity contribution in [3.63, 3.8) is 0 Å². The van der Waals surface area contributed by atoms with E-state index in [0.717, 1.165) is 38.0 Å². The number of rotatable bonds is 6. The molecule has 0 aromatic heterocycles. The molecule has 2 rings (SSSR count). The van der Waals surface area contributed by atoms with E-state index in [1.807, 2.05) is 24.0 Å². The summed E-state index contributed by atoms with van der Waals surface area (Å²) in [6.07, 6.45) is 3.32. The minimum absolute atomic E-state index is 0.00317. The highest BCUT2D eigenvalue weighted by atomic mass is 35.5. The van der Waals surface area contributed by atoms with Gasteiger partial charge in [-0.05, 0) is 50.6 Å². The van der Waals surface area contributed by atoms with E-state index in [0.29, 0.717) is 16.1 Å². The third-order valence-corrected chi connectivity index (χ3v) is 5.12. The largest absolute Gasteiger partial charge is 0.337 e. The van der Waals surface area contributed by atoms with Gasteiger partial charge in [0.25, 0.3) is 0 Å². The van der Waals surface area contributed by atoms with Crippen LogP contribution < -0.4 is 0 Å². The van der Waals surface area contributed by atoms with Crippen LogP contribution >= 0.6 is 23.2 Å². The van der Waals surface area contributed by atoms with Gasteiger partial charge in [0.15, 0.2) is 0 Å². The molecule has 21 heavy (non-hydrogen) atoms. The monoisotopic (exact) mass is 328 g/mol. The molecule has 1 amide bonds. The summed E-state index contributed by atoms with van der Waals surface area (Å²) in [4.78, 5) is 15.8. The SMILES string of the molecule is CCN1CCCC1CN(C=O)C(C)c1ccc(Cl)c(Cl)c1. The maximum Gasteiger partial charge on any atom is 0.210 e. The van der Waals surface area contributed by atoms with Gasteiger partial charge in [-0.3, -0.25) is 9.69 Å². The summed E-state index contributed by atoms with van der Waals surface area (Å²) in [7, 11) is 0. The Hall–Kier alpha value is -0.770. The molecule has 1 fully saturated rings. The molecule has 1 heterocycles. The molecule has 0 radical (unpaired) electrons. The summed E-state index contributed by atoms with van der Waals surface area (Å²) in [5.41, 5.74) is 1.01. The molecule has 1 aromatic rings. The molecule has 3 nitrogen and oxygen atoms in total. The van der Waals surface area contributed by atoms with E-state index in [1.165, 1.54) is 6.42 Å². The average Bonchev–Trinajstić information content (AvgIpc) is 2.94. The highest BCUT2D eigenvalue weighted by molar-refractivity contribution is 6.42. The molecular weight excluding hydrogens is 307 g/mol. The maximum absolute atomic E-state index is 11.5. The lowest BCUT2D eigenvalue weighted by Gasteiger charge is -2.32. The van der Waals surface area contributed by atoms with Gasteiger partial charge in [0, 0.05) is 12.6 Å². The van der Waals surface area contributed by atoms with Crippen LogP contribution in [0.25, 0.3) is 0 Å². The van der Waals surface area contributed by atoms with Gasteiger partial charge in [0.1, 0.15) is 0 Å². The predicted octanol–water partition coefficient (Wildman–Crippen LogP) is 4.00. The van der Waals surface area contributed by atoms with Crippen LogP contribution in [0.1, 0.15) is 38.3 Å². The molecule has 0 saturated carbocycles. The fourth-order valence-corrected chi connectivity index (χ4v) is 3.32. The summed E-state index contributed by atoms with van der Waals surface area (Å²) in [6, 6.07) is 6.02. The zero-order valence-corrected chi connectivity index (χ0v) is 14.1. The number of halogens is 2. The van der Waals surface area contributed by atoms with Crippen molar-refractivity contribution in [3.8, 4) is 0 Å². The zero-order valence-electron chi connectivity index (χ0n) is 12.6. The van der Waals surface area contributed by atoms with Gasteiger partial charge in [-0.15, -0.1) is 0 Å². The van der Waals surface area contributed by atoms with E-state index in [9.17, 15) is 4.79 Å². The summed E-state index contributed by atoms with van der Waals surface area (Å²) < 4.78 is 0. The lowest BCUT2D eigenvalue weighted by molar-refractivity contribution is -0.120. The minimum Gasteiger partial charge on any atom is -0.337 e. The number of likely N-dealkylation sites (N-methyl/N-ethyl adjacent to an activating group) is 1. The van der Waals surface area contributed by atoms with Crippen LogP contribution in [0.15, 0.2) is 18.2 Å². The van der Waals surface area contributed by atoms with Crippen molar-refractivity contribution in [1.82, 2.24) is 9.80 Å². The van der Waals surface area contributed by atoms with Crippen LogP contribution in [0.2, 0.25) is 10.0 Å². The third-order valence-electron chi connectivity index (χ3n) is 4.39. The molecular formula is C16H22Cl2N2O. The minimum atomic E-state index is -0.00317. The number of hydrogen-bond donors (Lipinski definition) is 0. The normalized spacial score (nSPS) is 20.5. The van der Waals surface area contributed by atoms with Crippen LogP contribution in [0, 0.1) is 0 Å². The first-order valence-corrected chi connectivity index (χ1v) is 8.22. The number of benzene rings is 1. The van der Waals surface area contributed by atoms with Gasteiger partial charge >= 0.3 is 0 Å². The Bertz CT molecular complexity index is 495. The van der Waals surface area contributed by atoms with Gasteiger partial charge in [-0.2, -0.15) is 0 Å². The number of hydrogen-bond acceptors (Lipinski definition) is 2. The Labute approximate surface area is 136 Å². The van der Waals surface area contributed by atoms with Gasteiger partial charge in [-0.25, -0.2) is 0 Å². The second-order valence-corrected chi connectivity index (χ2v) is 6.39. The number of carbonyl (C=O) groups excluding carboxylic acids is 1. The zero-order chi connectivity index (χ0) is 15.4. The third kappa shape index (κ3) is 3.91. The Morgan fingerprint density at radius 3 is 2.81 bits per heavy atom. The number of carbonyl (C=O) groups is 1. The fourth-order valence-electron chi connectivity index (χ4n) is 3.02. The number of nitrogens with zero attached hydrogens (tertiary/aromatic N) is 2. The lowest BCUT2D eigenvalue weighted by Crippen LogP contribution is -2.40. The molecule has 2 atom stereocenters. The molecule has 116 valence electrons. The second-order valence-electron chi connectivity index (χ2n) is 5.58. The van der Waals surface area contributed by atoms with Crippen LogP contribution in [-0.2, 0) is 4.79 Å². The second kappa shape index (κ2) is 7.48. The predicted molar refractivity (Wildman–Crippen MR) is 87.9 cm³/mol. The quantitative estimate of drug-likeness (QED) is 0.737. The smallest absolute Gasteiger partial charge is 0.210 e. The molecule has 0 spiro atoms. The summed E-state index contributed by atoms with van der Waals surface area (Å²) in [6.45, 7) is 7.14. The van der Waals surface area contributed by atoms with Crippen LogP contribution in [0.5, 0.6) is 0 Å². The first-order valence-electron chi connectivity index (χ1n) is 7.46. The number of likely N-dealkylation sites (tertiary alicyclic amines) is 1. The van der Waals surface area contributed by atoms with Crippen LogP contribution in [-0.4, -0.2) is 41.9 Å². The molecule has 1 aliphatic heterocycles. The Morgan fingerprint density at radius 2 is 2.19 bits per heavy atom. The maximum atomic E-state index is 11.5. The van der Waals surface area contributed by atoms with Crippen molar-refractivity contribution < 1.29 is 4.79 Å². The molecule has 0 N–H and O–H groups in total. The molecule has 5 heteroatoms. The number of amides is 1. The van der Waals surface area contributed by atoms with Crippen molar-refractivity contribution in [3.05, 3.63) is 33.8 Å². The van der Waals surface area contributed by atoms with Gasteiger partial charge < -0.3 is 4.90 Å². The van der Waals surface area contributed by atoms with Crippen molar-refractivity contribution in [1.29, 1.82) is 0 Å². The van der Waals surface area contributed by atoms with E-state index < -0.39 is 0 Å². The summed E-state index contributed by atoms with van der Waals surface area (Å²) >= 11 is 12.0. The van der Waals surface area contributed by atoms with Gasteiger partial charge in [0.2, 0.25) is 6.41 Å². The van der Waals surface area contributed by atoms with E-state index >= 15 is 0 Å². The summed E-state index contributed by atoms with van der Waals surface area (Å²) in [5, 5.41) is 1.07. The first kappa shape index (κ1) is 16.6. The van der Waals surface area contributed by atoms with Crippen molar-refractivity contribution in [2.75, 3.05) is 19.6 Å². The van der Waals surface area contributed by atoms with Crippen molar-refractivity contribution in [2.24, 2.45) is 0 Å². The van der Waals surface area contributed by atoms with Crippen LogP contribution in [0.4, 0.5) is 0 Å². The highest BCUT2D eigenvalue weighted by Crippen LogP contribution is 2.28. The molecule has 1 aliphatic rings. The Morgan fingerprint density at radius 1 is 1.43 bits per heavy atom. The molecule has 2 unspecified atom stereocenters. The van der Waals surface area contributed by atoms with E-state index in [1.54, 1.807) is 6.07 Å². The average molecular weight is 329 g/mol. The fraction of sp³-hybridized carbons (Fsp3) is 0.562. The van der Waals surface area contributed by atoms with E-state index in [-0.39, 0.29) is 6.04 Å². The van der Waals surface area contributed by atoms with Crippen molar-refractivity contribution >= 4 is 29.6 Å². The van der Waals surface area contributed by atoms with E-state index in [4.69, 9.17) is 23.2 Å². The topological polar surface area (TPSA) is 23.6 Å². The molecule has 0 bridgehead atoms. The lowest BCUT2D eigenvalue weighted by atomic mass is 10.1. The molecule has 1 saturated heterocycles. The first-order chi connectivity index (χ1) is 10.1. The standard InChI is InChI=1S/C16H22Cl2N2O/c1-3-19-8-4-5-14(19)10-20(11-21)12(2)13-6-7-15(17)16(18)9-13/h6-7,9,11-12,14H,3-5,8,10H2,1-2H3. The van der Waals surface area contributed by atoms with Gasteiger partial charge in [0.05, 0.1) is 16.1 Å². The van der Waals surface area contributed by atoms with Gasteiger partial charge in [-0.1, -0.05) is 36.2 Å².